The third-order valence-corrected chi connectivity index (χ3v) is 13.2. The highest BCUT2D eigenvalue weighted by molar-refractivity contribution is 6.25. The Morgan fingerprint density at radius 1 is 0.886 bits per heavy atom. The molecular formula is C56H57N5O9. The molecule has 3 aliphatic rings. The van der Waals surface area contributed by atoms with E-state index in [2.05, 4.69) is 34.0 Å². The summed E-state index contributed by atoms with van der Waals surface area (Å²) in [5.41, 5.74) is 1.88. The minimum atomic E-state index is -2.06. The number of methoxy groups -OCH3 is 1. The van der Waals surface area contributed by atoms with Crippen molar-refractivity contribution in [2.24, 2.45) is 11.8 Å². The lowest BCUT2D eigenvalue weighted by molar-refractivity contribution is -0.178. The lowest BCUT2D eigenvalue weighted by Gasteiger charge is -2.46. The molecule has 0 aromatic heterocycles. The van der Waals surface area contributed by atoms with Crippen molar-refractivity contribution in [3.8, 4) is 17.6 Å². The van der Waals surface area contributed by atoms with E-state index in [0.29, 0.717) is 35.5 Å². The van der Waals surface area contributed by atoms with Crippen molar-refractivity contribution in [2.45, 2.75) is 56.1 Å². The van der Waals surface area contributed by atoms with Crippen molar-refractivity contribution in [3.63, 3.8) is 0 Å². The van der Waals surface area contributed by atoms with Crippen LogP contribution in [0.15, 0.2) is 146 Å². The van der Waals surface area contributed by atoms with Crippen molar-refractivity contribution in [3.05, 3.63) is 179 Å². The minimum absolute atomic E-state index is 0.00798. The van der Waals surface area contributed by atoms with Gasteiger partial charge in [-0.15, -0.1) is 6.58 Å². The van der Waals surface area contributed by atoms with Gasteiger partial charge >= 0.3 is 18.0 Å². The van der Waals surface area contributed by atoms with Crippen LogP contribution in [0.2, 0.25) is 0 Å². The van der Waals surface area contributed by atoms with E-state index < -0.39 is 77.3 Å². The van der Waals surface area contributed by atoms with E-state index in [1.807, 2.05) is 103 Å². The first kappa shape index (κ1) is 48.9. The third kappa shape index (κ3) is 9.31. The van der Waals surface area contributed by atoms with Crippen LogP contribution in [-0.2, 0) is 40.6 Å². The Labute approximate surface area is 408 Å². The van der Waals surface area contributed by atoms with Crippen LogP contribution in [0.25, 0.3) is 0 Å². The summed E-state index contributed by atoms with van der Waals surface area (Å²) in [5, 5.41) is 15.3. The van der Waals surface area contributed by atoms with Crippen LogP contribution in [0.3, 0.4) is 0 Å². The molecule has 5 aromatic rings. The summed E-state index contributed by atoms with van der Waals surface area (Å²) in [6, 6.07) is 35.3. The molecule has 3 aliphatic heterocycles. The van der Waals surface area contributed by atoms with E-state index in [0.717, 1.165) is 16.0 Å². The Balaban J connectivity index is 1.40. The van der Waals surface area contributed by atoms with Crippen LogP contribution >= 0.6 is 0 Å². The summed E-state index contributed by atoms with van der Waals surface area (Å²) in [4.78, 5) is 80.4. The van der Waals surface area contributed by atoms with Crippen molar-refractivity contribution in [1.29, 1.82) is 0 Å². The number of esters is 2. The van der Waals surface area contributed by atoms with Gasteiger partial charge in [0, 0.05) is 18.7 Å². The Morgan fingerprint density at radius 3 is 2.17 bits per heavy atom. The molecule has 2 fully saturated rings. The highest BCUT2D eigenvalue weighted by Crippen LogP contribution is 2.66. The molecule has 0 bridgehead atoms. The maximum atomic E-state index is 16.5. The first-order valence-corrected chi connectivity index (χ1v) is 23.3. The lowest BCUT2D eigenvalue weighted by atomic mass is 9.65. The molecule has 5 aromatic carbocycles. The number of rotatable bonds is 15. The fraction of sp³-hybridized carbons (Fsp3) is 0.304. The molecule has 0 saturated carbocycles. The van der Waals surface area contributed by atoms with E-state index in [1.54, 1.807) is 56.3 Å². The number of hydrogen-bond donors (Lipinski definition) is 3. The third-order valence-electron chi connectivity index (χ3n) is 13.2. The topological polar surface area (TPSA) is 167 Å². The summed E-state index contributed by atoms with van der Waals surface area (Å²) < 4.78 is 17.4. The van der Waals surface area contributed by atoms with E-state index in [9.17, 15) is 9.90 Å². The average Bonchev–Trinajstić information content (AvgIpc) is 3.83. The molecule has 70 heavy (non-hydrogen) atoms. The number of aliphatic hydroxyl groups is 1. The van der Waals surface area contributed by atoms with Crippen LogP contribution in [0.4, 0.5) is 10.5 Å². The molecule has 7 atom stereocenters. The summed E-state index contributed by atoms with van der Waals surface area (Å²) in [6.45, 7) is 8.13. The molecule has 14 nitrogen and oxygen atoms in total. The first-order valence-electron chi connectivity index (χ1n) is 23.3. The number of nitrogens with zero attached hydrogens (tertiary/aromatic N) is 3. The fourth-order valence-electron chi connectivity index (χ4n) is 10.2. The molecular weight excluding hydrogens is 887 g/mol. The van der Waals surface area contributed by atoms with E-state index in [4.69, 9.17) is 14.2 Å². The number of amides is 4. The number of aliphatic hydroxyl groups excluding tert-OH is 1. The van der Waals surface area contributed by atoms with Gasteiger partial charge in [-0.1, -0.05) is 135 Å². The molecule has 8 rings (SSSR count). The van der Waals surface area contributed by atoms with Crippen molar-refractivity contribution < 1.29 is 43.3 Å². The number of fused-ring (bicyclic) bond motifs is 3. The van der Waals surface area contributed by atoms with Crippen LogP contribution in [0, 0.1) is 23.7 Å². The molecule has 14 heteroatoms. The molecule has 0 aliphatic carbocycles. The summed E-state index contributed by atoms with van der Waals surface area (Å²) >= 11 is 0. The molecule has 2 saturated heterocycles. The van der Waals surface area contributed by atoms with Crippen LogP contribution in [0.5, 0.6) is 5.75 Å². The zero-order chi connectivity index (χ0) is 49.5. The number of carbonyl (C=O) groups is 5. The second kappa shape index (κ2) is 21.4. The van der Waals surface area contributed by atoms with Crippen molar-refractivity contribution >= 4 is 35.5 Å². The molecule has 4 amide bonds. The maximum absolute atomic E-state index is 16.5. The molecule has 7 unspecified atom stereocenters. The van der Waals surface area contributed by atoms with Crippen molar-refractivity contribution in [2.75, 3.05) is 45.4 Å². The molecule has 3 N–H and O–H groups in total. The largest absolute Gasteiger partial charge is 0.491 e. The van der Waals surface area contributed by atoms with Gasteiger partial charge in [-0.2, -0.15) is 0 Å². The van der Waals surface area contributed by atoms with Gasteiger partial charge in [0.05, 0.1) is 44.0 Å². The number of hydrogen-bond acceptors (Lipinski definition) is 11. The van der Waals surface area contributed by atoms with Gasteiger partial charge in [-0.25, -0.2) is 14.5 Å². The summed E-state index contributed by atoms with van der Waals surface area (Å²) in [7, 11) is 3.18. The number of morpholine rings is 1. The second-order valence-electron chi connectivity index (χ2n) is 18.0. The Kier molecular flexibility index (Phi) is 14.9. The number of nitrogens with one attached hydrogen (secondary N) is 2. The number of carbonyl (C=O) groups excluding carboxylic acids is 5. The normalized spacial score (nSPS) is 21.8. The van der Waals surface area contributed by atoms with E-state index in [1.165, 1.54) is 13.2 Å². The molecule has 3 heterocycles. The zero-order valence-electron chi connectivity index (χ0n) is 39.6. The average molecular weight is 944 g/mol. The first-order chi connectivity index (χ1) is 33.9. The predicted octanol–water partition coefficient (Wildman–Crippen LogP) is 6.42. The molecule has 1 spiro atoms. The SMILES string of the molecule is C=CCNC(=O)C1C2C(=O)OC(c3ccccc3)C(c3ccccc3)N2C(c2ccc(OCCO)cc2)C12C(=O)N(C(=O)NC(C(=O)OC)C(C)C)c1ccc(C#CCN(C)Cc3ccccc3)cc12. The van der Waals surface area contributed by atoms with Gasteiger partial charge < -0.3 is 30.0 Å². The van der Waals surface area contributed by atoms with Gasteiger partial charge in [0.1, 0.15) is 36.0 Å². The number of benzene rings is 5. The number of cyclic esters (lactones) is 1. The van der Waals surface area contributed by atoms with Crippen LogP contribution < -0.4 is 20.3 Å². The highest BCUT2D eigenvalue weighted by Gasteiger charge is 2.75. The number of ether oxygens (including phenoxy) is 3. The van der Waals surface area contributed by atoms with Gasteiger partial charge in [0.25, 0.3) is 0 Å². The minimum Gasteiger partial charge on any atom is -0.491 e. The zero-order valence-corrected chi connectivity index (χ0v) is 39.6. The quantitative estimate of drug-likeness (QED) is 0.0603. The highest BCUT2D eigenvalue weighted by atomic mass is 16.6. The standard InChI is InChI=1S/C56H57N5O9/c1-6-30-57-51(63)45-48-53(65)70-49(40-22-14-9-15-23-40)47(39-20-12-8-13-21-39)61(48)50(41-25-27-42(28-26-41)69-33-32-62)56(45)43-34-37(19-16-31-59(4)35-38-17-10-7-11-18-38)24-29-44(43)60(54(56)66)55(67)58-46(36(2)3)52(64)68-5/h6-15,17-18,20-29,34,36,45-50,62H,1,30-33,35H2,2-5H3,(H,57,63)(H,58,67). The second-order valence-corrected chi connectivity index (χ2v) is 18.0. The lowest BCUT2D eigenvalue weighted by Crippen LogP contribution is -2.57. The number of anilines is 1. The van der Waals surface area contributed by atoms with E-state index >= 15 is 19.2 Å². The smallest absolute Gasteiger partial charge is 0.329 e. The van der Waals surface area contributed by atoms with Gasteiger partial charge in [-0.05, 0) is 71.1 Å². The van der Waals surface area contributed by atoms with Crippen LogP contribution in [0.1, 0.15) is 65.4 Å². The van der Waals surface area contributed by atoms with Gasteiger partial charge in [0.2, 0.25) is 11.8 Å². The Morgan fingerprint density at radius 2 is 1.54 bits per heavy atom. The molecule has 360 valence electrons. The predicted molar refractivity (Wildman–Crippen MR) is 263 cm³/mol. The number of urea groups is 1. The molecule has 0 radical (unpaired) electrons. The van der Waals surface area contributed by atoms with Crippen molar-refractivity contribution in [1.82, 2.24) is 20.4 Å². The summed E-state index contributed by atoms with van der Waals surface area (Å²) in [5.74, 6) is 2.07. The number of imide groups is 1. The van der Waals surface area contributed by atoms with Gasteiger partial charge in [-0.3, -0.25) is 24.2 Å². The summed E-state index contributed by atoms with van der Waals surface area (Å²) in [6.07, 6.45) is 0.574. The Hall–Kier alpha value is -7.57. The Bertz CT molecular complexity index is 2780. The maximum Gasteiger partial charge on any atom is 0.329 e. The monoisotopic (exact) mass is 943 g/mol. The van der Waals surface area contributed by atoms with E-state index in [-0.39, 0.29) is 31.0 Å². The van der Waals surface area contributed by atoms with Crippen LogP contribution in [-0.4, -0.2) is 97.2 Å². The van der Waals surface area contributed by atoms with Gasteiger partial charge in [0.15, 0.2) is 0 Å². The fourth-order valence-corrected chi connectivity index (χ4v) is 10.2.